The Bertz CT molecular complexity index is 105. The standard InChI is InChI=1S/C8H16FN/c1-6-4-7(5-9)2-3-8(6)10/h6-8H,2-5,10H2,1H3. The van der Waals surface area contributed by atoms with Gasteiger partial charge in [0.25, 0.3) is 0 Å². The zero-order chi connectivity index (χ0) is 7.56. The maximum atomic E-state index is 12.1. The minimum Gasteiger partial charge on any atom is -0.327 e. The Balaban J connectivity index is 2.33. The van der Waals surface area contributed by atoms with Gasteiger partial charge in [0.2, 0.25) is 0 Å². The van der Waals surface area contributed by atoms with E-state index in [4.69, 9.17) is 5.73 Å². The van der Waals surface area contributed by atoms with Crippen LogP contribution in [0.25, 0.3) is 0 Å². The van der Waals surface area contributed by atoms with Gasteiger partial charge >= 0.3 is 0 Å². The highest BCUT2D eigenvalue weighted by Crippen LogP contribution is 2.27. The van der Waals surface area contributed by atoms with Crippen LogP contribution in [-0.4, -0.2) is 12.7 Å². The third kappa shape index (κ3) is 1.69. The van der Waals surface area contributed by atoms with Crippen LogP contribution < -0.4 is 5.73 Å². The van der Waals surface area contributed by atoms with Gasteiger partial charge in [0.05, 0.1) is 6.67 Å². The highest BCUT2D eigenvalue weighted by Gasteiger charge is 2.24. The van der Waals surface area contributed by atoms with Gasteiger partial charge in [-0.3, -0.25) is 4.39 Å². The Morgan fingerprint density at radius 2 is 2.20 bits per heavy atom. The lowest BCUT2D eigenvalue weighted by Gasteiger charge is -2.30. The Morgan fingerprint density at radius 1 is 1.50 bits per heavy atom. The van der Waals surface area contributed by atoms with Crippen molar-refractivity contribution in [3.8, 4) is 0 Å². The normalized spacial score (nSPS) is 41.7. The lowest BCUT2D eigenvalue weighted by molar-refractivity contribution is 0.210. The average Bonchev–Trinajstić information content (AvgIpc) is 1.95. The molecule has 10 heavy (non-hydrogen) atoms. The molecule has 1 rings (SSSR count). The van der Waals surface area contributed by atoms with Crippen LogP contribution >= 0.6 is 0 Å². The number of alkyl halides is 1. The molecule has 0 aromatic carbocycles. The molecule has 0 spiro atoms. The quantitative estimate of drug-likeness (QED) is 0.597. The van der Waals surface area contributed by atoms with E-state index in [1.807, 2.05) is 0 Å². The Hall–Kier alpha value is -0.110. The number of rotatable bonds is 1. The molecule has 60 valence electrons. The molecule has 0 aromatic heterocycles. The van der Waals surface area contributed by atoms with Crippen LogP contribution in [0.4, 0.5) is 4.39 Å². The summed E-state index contributed by atoms with van der Waals surface area (Å²) < 4.78 is 12.1. The second-order valence-electron chi connectivity index (χ2n) is 3.47. The minimum atomic E-state index is -0.156. The molecule has 0 heterocycles. The maximum Gasteiger partial charge on any atom is 0.0922 e. The Labute approximate surface area is 61.8 Å². The first-order chi connectivity index (χ1) is 4.74. The molecule has 3 atom stereocenters. The molecule has 0 saturated heterocycles. The van der Waals surface area contributed by atoms with Gasteiger partial charge in [-0.2, -0.15) is 0 Å². The van der Waals surface area contributed by atoms with Crippen molar-refractivity contribution in [1.29, 1.82) is 0 Å². The summed E-state index contributed by atoms with van der Waals surface area (Å²) in [5.74, 6) is 0.823. The van der Waals surface area contributed by atoms with Crippen molar-refractivity contribution in [2.45, 2.75) is 32.2 Å². The molecule has 1 fully saturated rings. The van der Waals surface area contributed by atoms with E-state index in [9.17, 15) is 4.39 Å². The molecular formula is C8H16FN. The number of halogens is 1. The zero-order valence-electron chi connectivity index (χ0n) is 6.52. The average molecular weight is 145 g/mol. The summed E-state index contributed by atoms with van der Waals surface area (Å²) in [5.41, 5.74) is 5.77. The third-order valence-corrected chi connectivity index (χ3v) is 2.56. The van der Waals surface area contributed by atoms with E-state index in [1.54, 1.807) is 0 Å². The van der Waals surface area contributed by atoms with Gasteiger partial charge in [0.1, 0.15) is 0 Å². The van der Waals surface area contributed by atoms with Crippen molar-refractivity contribution in [2.24, 2.45) is 17.6 Å². The first kappa shape index (κ1) is 7.99. The van der Waals surface area contributed by atoms with E-state index >= 15 is 0 Å². The molecule has 0 radical (unpaired) electrons. The topological polar surface area (TPSA) is 26.0 Å². The number of nitrogens with two attached hydrogens (primary N) is 1. The second-order valence-corrected chi connectivity index (χ2v) is 3.47. The van der Waals surface area contributed by atoms with Crippen molar-refractivity contribution in [1.82, 2.24) is 0 Å². The van der Waals surface area contributed by atoms with E-state index < -0.39 is 0 Å². The fourth-order valence-electron chi connectivity index (χ4n) is 1.67. The highest BCUT2D eigenvalue weighted by molar-refractivity contribution is 4.79. The predicted octanol–water partition coefficient (Wildman–Crippen LogP) is 1.72. The molecule has 1 nitrogen and oxygen atoms in total. The molecule has 0 amide bonds. The molecule has 2 N–H and O–H groups in total. The van der Waals surface area contributed by atoms with E-state index in [1.165, 1.54) is 0 Å². The van der Waals surface area contributed by atoms with Crippen LogP contribution in [0, 0.1) is 11.8 Å². The van der Waals surface area contributed by atoms with Crippen LogP contribution in [0.1, 0.15) is 26.2 Å². The lowest BCUT2D eigenvalue weighted by atomic mass is 9.80. The summed E-state index contributed by atoms with van der Waals surface area (Å²) in [6.45, 7) is 1.96. The van der Waals surface area contributed by atoms with Gasteiger partial charge in [-0.25, -0.2) is 0 Å². The maximum absolute atomic E-state index is 12.1. The van der Waals surface area contributed by atoms with Crippen molar-refractivity contribution in [3.05, 3.63) is 0 Å². The van der Waals surface area contributed by atoms with Crippen molar-refractivity contribution >= 4 is 0 Å². The van der Waals surface area contributed by atoms with Gasteiger partial charge < -0.3 is 5.73 Å². The molecule has 1 aliphatic rings. The van der Waals surface area contributed by atoms with Crippen molar-refractivity contribution < 1.29 is 4.39 Å². The van der Waals surface area contributed by atoms with E-state index in [-0.39, 0.29) is 6.67 Å². The minimum absolute atomic E-state index is 0.156. The smallest absolute Gasteiger partial charge is 0.0922 e. The van der Waals surface area contributed by atoms with Crippen LogP contribution in [0.3, 0.4) is 0 Å². The Morgan fingerprint density at radius 3 is 2.70 bits per heavy atom. The number of hydrogen-bond acceptors (Lipinski definition) is 1. The zero-order valence-corrected chi connectivity index (χ0v) is 6.52. The van der Waals surface area contributed by atoms with Gasteiger partial charge in [-0.1, -0.05) is 6.92 Å². The van der Waals surface area contributed by atoms with Crippen LogP contribution in [-0.2, 0) is 0 Å². The highest BCUT2D eigenvalue weighted by atomic mass is 19.1. The van der Waals surface area contributed by atoms with E-state index in [0.29, 0.717) is 17.9 Å². The van der Waals surface area contributed by atoms with Gasteiger partial charge in [0.15, 0.2) is 0 Å². The van der Waals surface area contributed by atoms with Crippen LogP contribution in [0.15, 0.2) is 0 Å². The SMILES string of the molecule is CC1CC(CF)CCC1N. The summed E-state index contributed by atoms with van der Waals surface area (Å²) in [4.78, 5) is 0. The van der Waals surface area contributed by atoms with Crippen molar-refractivity contribution in [2.75, 3.05) is 6.67 Å². The largest absolute Gasteiger partial charge is 0.327 e. The van der Waals surface area contributed by atoms with E-state index in [2.05, 4.69) is 6.92 Å². The monoisotopic (exact) mass is 145 g/mol. The van der Waals surface area contributed by atoms with E-state index in [0.717, 1.165) is 19.3 Å². The molecule has 0 aromatic rings. The third-order valence-electron chi connectivity index (χ3n) is 2.56. The molecule has 2 heteroatoms. The molecule has 0 aliphatic heterocycles. The second kappa shape index (κ2) is 3.33. The first-order valence-corrected chi connectivity index (χ1v) is 4.05. The molecule has 1 aliphatic carbocycles. The predicted molar refractivity (Wildman–Crippen MR) is 40.5 cm³/mol. The lowest BCUT2D eigenvalue weighted by Crippen LogP contribution is -2.34. The summed E-state index contributed by atoms with van der Waals surface area (Å²) >= 11 is 0. The van der Waals surface area contributed by atoms with Crippen molar-refractivity contribution in [3.63, 3.8) is 0 Å². The Kier molecular flexibility index (Phi) is 2.66. The fourth-order valence-corrected chi connectivity index (χ4v) is 1.67. The first-order valence-electron chi connectivity index (χ1n) is 4.05. The van der Waals surface area contributed by atoms with Gasteiger partial charge in [0, 0.05) is 6.04 Å². The fraction of sp³-hybridized carbons (Fsp3) is 1.00. The molecular weight excluding hydrogens is 129 g/mol. The van der Waals surface area contributed by atoms with Gasteiger partial charge in [-0.15, -0.1) is 0 Å². The number of hydrogen-bond donors (Lipinski definition) is 1. The molecule has 1 saturated carbocycles. The van der Waals surface area contributed by atoms with Crippen LogP contribution in [0.5, 0.6) is 0 Å². The van der Waals surface area contributed by atoms with Crippen LogP contribution in [0.2, 0.25) is 0 Å². The molecule has 0 bridgehead atoms. The molecule has 3 unspecified atom stereocenters. The summed E-state index contributed by atoms with van der Waals surface area (Å²) in [6, 6.07) is 0.322. The summed E-state index contributed by atoms with van der Waals surface area (Å²) in [7, 11) is 0. The van der Waals surface area contributed by atoms with Gasteiger partial charge in [-0.05, 0) is 31.1 Å². The summed E-state index contributed by atoms with van der Waals surface area (Å²) in [5, 5.41) is 0. The summed E-state index contributed by atoms with van der Waals surface area (Å²) in [6.07, 6.45) is 2.98.